The molecule has 1 N–H and O–H groups in total. The lowest BCUT2D eigenvalue weighted by Gasteiger charge is -2.31. The third kappa shape index (κ3) is 3.45. The van der Waals surface area contributed by atoms with Crippen molar-refractivity contribution in [3.63, 3.8) is 0 Å². The Hall–Kier alpha value is -1.06. The lowest BCUT2D eigenvalue weighted by Crippen LogP contribution is -2.36. The minimum Gasteiger partial charge on any atom is -0.497 e. The van der Waals surface area contributed by atoms with Gasteiger partial charge in [0.25, 0.3) is 0 Å². The molecule has 0 saturated carbocycles. The zero-order valence-corrected chi connectivity index (χ0v) is 10.4. The van der Waals surface area contributed by atoms with E-state index < -0.39 is 0 Å². The summed E-state index contributed by atoms with van der Waals surface area (Å²) in [5.74, 6) is 1.37. The number of rotatable bonds is 4. The maximum Gasteiger partial charge on any atom is 0.119 e. The molecule has 3 nitrogen and oxygen atoms in total. The molecular weight excluding hydrogens is 214 g/mol. The second-order valence-electron chi connectivity index (χ2n) is 4.78. The molecule has 1 saturated heterocycles. The molecule has 1 fully saturated rings. The Bertz CT molecular complexity index is 354. The van der Waals surface area contributed by atoms with Crippen LogP contribution in [0.5, 0.6) is 5.75 Å². The average Bonchev–Trinajstić information content (AvgIpc) is 2.39. The molecule has 1 aliphatic rings. The fraction of sp³-hybridized carbons (Fsp3) is 0.571. The summed E-state index contributed by atoms with van der Waals surface area (Å²) < 4.78 is 5.23. The number of likely N-dealkylation sites (tertiary alicyclic amines) is 1. The molecule has 0 spiro atoms. The van der Waals surface area contributed by atoms with Gasteiger partial charge in [-0.15, -0.1) is 0 Å². The van der Waals surface area contributed by atoms with Crippen LogP contribution in [0.3, 0.4) is 0 Å². The minimum absolute atomic E-state index is 0.314. The molecule has 94 valence electrons. The van der Waals surface area contributed by atoms with Crippen LogP contribution >= 0.6 is 0 Å². The first-order chi connectivity index (χ1) is 8.31. The van der Waals surface area contributed by atoms with E-state index in [0.29, 0.717) is 12.5 Å². The molecular formula is C14H21NO2. The monoisotopic (exact) mass is 235 g/mol. The molecule has 17 heavy (non-hydrogen) atoms. The van der Waals surface area contributed by atoms with Gasteiger partial charge in [-0.25, -0.2) is 0 Å². The van der Waals surface area contributed by atoms with E-state index >= 15 is 0 Å². The first-order valence-electron chi connectivity index (χ1n) is 6.28. The van der Waals surface area contributed by atoms with Crippen LogP contribution in [0.2, 0.25) is 0 Å². The van der Waals surface area contributed by atoms with Gasteiger partial charge in [0.2, 0.25) is 0 Å². The lowest BCUT2D eigenvalue weighted by molar-refractivity contribution is 0.116. The normalized spacial score (nSPS) is 21.4. The fourth-order valence-corrected chi connectivity index (χ4v) is 2.47. The van der Waals surface area contributed by atoms with Crippen LogP contribution in [0.25, 0.3) is 0 Å². The van der Waals surface area contributed by atoms with Gasteiger partial charge < -0.3 is 9.84 Å². The van der Waals surface area contributed by atoms with E-state index in [1.807, 2.05) is 12.1 Å². The molecule has 1 atom stereocenters. The molecule has 0 radical (unpaired) electrons. The van der Waals surface area contributed by atoms with Crippen molar-refractivity contribution < 1.29 is 9.84 Å². The number of nitrogens with zero attached hydrogens (tertiary/aromatic N) is 1. The third-order valence-electron chi connectivity index (χ3n) is 3.40. The minimum atomic E-state index is 0.314. The lowest BCUT2D eigenvalue weighted by atomic mass is 9.98. The van der Waals surface area contributed by atoms with Crippen molar-refractivity contribution in [2.24, 2.45) is 5.92 Å². The molecule has 0 aromatic heterocycles. The molecule has 0 amide bonds. The Balaban J connectivity index is 1.95. The summed E-state index contributed by atoms with van der Waals surface area (Å²) >= 11 is 0. The summed E-state index contributed by atoms with van der Waals surface area (Å²) in [7, 11) is 1.70. The first kappa shape index (κ1) is 12.4. The van der Waals surface area contributed by atoms with Crippen LogP contribution < -0.4 is 4.74 Å². The Kier molecular flexibility index (Phi) is 4.40. The van der Waals surface area contributed by atoms with E-state index in [-0.39, 0.29) is 0 Å². The van der Waals surface area contributed by atoms with Crippen molar-refractivity contribution in [3.8, 4) is 5.75 Å². The highest BCUT2D eigenvalue weighted by molar-refractivity contribution is 5.28. The number of ether oxygens (including phenoxy) is 1. The van der Waals surface area contributed by atoms with Crippen LogP contribution in [-0.2, 0) is 6.54 Å². The van der Waals surface area contributed by atoms with Crippen LogP contribution in [0.1, 0.15) is 18.4 Å². The Morgan fingerprint density at radius 3 is 3.12 bits per heavy atom. The van der Waals surface area contributed by atoms with E-state index in [9.17, 15) is 5.11 Å². The van der Waals surface area contributed by atoms with Crippen molar-refractivity contribution in [2.75, 3.05) is 26.8 Å². The van der Waals surface area contributed by atoms with E-state index in [0.717, 1.165) is 31.8 Å². The quantitative estimate of drug-likeness (QED) is 0.865. The highest BCUT2D eigenvalue weighted by Crippen LogP contribution is 2.19. The average molecular weight is 235 g/mol. The number of hydrogen-bond donors (Lipinski definition) is 1. The van der Waals surface area contributed by atoms with Gasteiger partial charge in [-0.3, -0.25) is 4.90 Å². The molecule has 0 aliphatic carbocycles. The number of methoxy groups -OCH3 is 1. The number of aliphatic hydroxyl groups excluding tert-OH is 1. The SMILES string of the molecule is COc1cccc(CN2CCC[C@H](CO)C2)c1. The second-order valence-corrected chi connectivity index (χ2v) is 4.78. The highest BCUT2D eigenvalue weighted by Gasteiger charge is 2.19. The van der Waals surface area contributed by atoms with Gasteiger partial charge >= 0.3 is 0 Å². The zero-order chi connectivity index (χ0) is 12.1. The van der Waals surface area contributed by atoms with Gasteiger partial charge in [-0.05, 0) is 43.0 Å². The van der Waals surface area contributed by atoms with Gasteiger partial charge in [-0.1, -0.05) is 12.1 Å². The summed E-state index contributed by atoms with van der Waals surface area (Å²) in [5, 5.41) is 9.21. The molecule has 1 aromatic rings. The summed E-state index contributed by atoms with van der Waals surface area (Å²) in [4.78, 5) is 2.42. The standard InChI is InChI=1S/C14H21NO2/c1-17-14-6-2-4-12(8-14)9-15-7-3-5-13(10-15)11-16/h2,4,6,8,13,16H,3,5,7,9-11H2,1H3/t13-/m0/s1. The second kappa shape index (κ2) is 6.03. The Labute approximate surface area is 103 Å². The number of hydrogen-bond acceptors (Lipinski definition) is 3. The Morgan fingerprint density at radius 2 is 2.35 bits per heavy atom. The van der Waals surface area contributed by atoms with Crippen LogP contribution in [0, 0.1) is 5.92 Å². The largest absolute Gasteiger partial charge is 0.497 e. The van der Waals surface area contributed by atoms with Crippen molar-refractivity contribution >= 4 is 0 Å². The summed E-state index contributed by atoms with van der Waals surface area (Å²) in [6.45, 7) is 3.41. The third-order valence-corrected chi connectivity index (χ3v) is 3.40. The molecule has 1 heterocycles. The highest BCUT2D eigenvalue weighted by atomic mass is 16.5. The van der Waals surface area contributed by atoms with E-state index in [1.165, 1.54) is 12.0 Å². The molecule has 1 aromatic carbocycles. The predicted molar refractivity (Wildman–Crippen MR) is 68.1 cm³/mol. The maximum atomic E-state index is 9.21. The zero-order valence-electron chi connectivity index (χ0n) is 10.4. The van der Waals surface area contributed by atoms with Crippen molar-refractivity contribution in [3.05, 3.63) is 29.8 Å². The molecule has 2 rings (SSSR count). The van der Waals surface area contributed by atoms with Crippen molar-refractivity contribution in [2.45, 2.75) is 19.4 Å². The van der Waals surface area contributed by atoms with Crippen molar-refractivity contribution in [1.29, 1.82) is 0 Å². The number of aliphatic hydroxyl groups is 1. The number of piperidine rings is 1. The van der Waals surface area contributed by atoms with E-state index in [4.69, 9.17) is 4.74 Å². The van der Waals surface area contributed by atoms with Gasteiger partial charge in [-0.2, -0.15) is 0 Å². The topological polar surface area (TPSA) is 32.7 Å². The summed E-state index contributed by atoms with van der Waals surface area (Å²) in [5.41, 5.74) is 1.28. The van der Waals surface area contributed by atoms with Gasteiger partial charge in [0.05, 0.1) is 7.11 Å². The number of benzene rings is 1. The van der Waals surface area contributed by atoms with Gasteiger partial charge in [0.15, 0.2) is 0 Å². The van der Waals surface area contributed by atoms with Crippen LogP contribution in [0.4, 0.5) is 0 Å². The maximum absolute atomic E-state index is 9.21. The molecule has 0 bridgehead atoms. The van der Waals surface area contributed by atoms with Crippen LogP contribution in [-0.4, -0.2) is 36.8 Å². The first-order valence-corrected chi connectivity index (χ1v) is 6.28. The molecule has 0 unspecified atom stereocenters. The van der Waals surface area contributed by atoms with Gasteiger partial charge in [0.1, 0.15) is 5.75 Å². The smallest absolute Gasteiger partial charge is 0.119 e. The van der Waals surface area contributed by atoms with Crippen molar-refractivity contribution in [1.82, 2.24) is 4.90 Å². The fourth-order valence-electron chi connectivity index (χ4n) is 2.47. The van der Waals surface area contributed by atoms with Crippen LogP contribution in [0.15, 0.2) is 24.3 Å². The Morgan fingerprint density at radius 1 is 1.47 bits per heavy atom. The van der Waals surface area contributed by atoms with Gasteiger partial charge in [0, 0.05) is 19.7 Å². The molecule has 3 heteroatoms. The van der Waals surface area contributed by atoms with E-state index in [1.54, 1.807) is 7.11 Å². The summed E-state index contributed by atoms with van der Waals surface area (Å²) in [6, 6.07) is 8.21. The summed E-state index contributed by atoms with van der Waals surface area (Å²) in [6.07, 6.45) is 2.35. The molecule has 1 aliphatic heterocycles. The predicted octanol–water partition coefficient (Wildman–Crippen LogP) is 1.90. The van der Waals surface area contributed by atoms with E-state index in [2.05, 4.69) is 17.0 Å².